The predicted octanol–water partition coefficient (Wildman–Crippen LogP) is 1.62. The largest absolute Gasteiger partial charge is 0.489 e. The van der Waals surface area contributed by atoms with Gasteiger partial charge in [0.25, 0.3) is 0 Å². The van der Waals surface area contributed by atoms with E-state index in [1.165, 1.54) is 0 Å². The first-order valence-electron chi connectivity index (χ1n) is 6.23. The molecule has 1 aliphatic heterocycles. The van der Waals surface area contributed by atoms with Crippen molar-refractivity contribution in [3.8, 4) is 5.75 Å². The Bertz CT molecular complexity index is 439. The lowest BCUT2D eigenvalue weighted by Gasteiger charge is -2.30. The fourth-order valence-corrected chi connectivity index (χ4v) is 3.10. The van der Waals surface area contributed by atoms with Crippen molar-refractivity contribution in [3.05, 3.63) is 18.2 Å². The lowest BCUT2D eigenvalue weighted by Crippen LogP contribution is -2.38. The van der Waals surface area contributed by atoms with Gasteiger partial charge in [-0.15, -0.1) is 0 Å². The third-order valence-corrected chi connectivity index (χ3v) is 4.20. The van der Waals surface area contributed by atoms with Gasteiger partial charge < -0.3 is 15.4 Å². The standard InChI is InChI=1S/C13H20N2O2S/c1-10(2)17-12-5-3-4-11(13(12)14)15-6-8-18(16)9-7-15/h3-5,10H,6-9,14H2,1-2H3. The molecule has 1 saturated heterocycles. The van der Waals surface area contributed by atoms with Gasteiger partial charge in [-0.25, -0.2) is 0 Å². The van der Waals surface area contributed by atoms with Crippen LogP contribution in [0.2, 0.25) is 0 Å². The number of hydrogen-bond acceptors (Lipinski definition) is 4. The Hall–Kier alpha value is -1.23. The van der Waals surface area contributed by atoms with Crippen molar-refractivity contribution in [2.75, 3.05) is 35.2 Å². The van der Waals surface area contributed by atoms with Crippen LogP contribution < -0.4 is 15.4 Å². The zero-order valence-corrected chi connectivity index (χ0v) is 11.7. The van der Waals surface area contributed by atoms with Gasteiger partial charge in [0.15, 0.2) is 0 Å². The number of nitrogen functional groups attached to an aromatic ring is 1. The zero-order chi connectivity index (χ0) is 13.1. The van der Waals surface area contributed by atoms with Crippen molar-refractivity contribution < 1.29 is 8.95 Å². The number of ether oxygens (including phenoxy) is 1. The highest BCUT2D eigenvalue weighted by Crippen LogP contribution is 2.33. The van der Waals surface area contributed by atoms with E-state index >= 15 is 0 Å². The minimum atomic E-state index is -0.669. The van der Waals surface area contributed by atoms with Crippen LogP contribution in [0.5, 0.6) is 5.75 Å². The summed E-state index contributed by atoms with van der Waals surface area (Å²) >= 11 is 0. The third kappa shape index (κ3) is 2.96. The van der Waals surface area contributed by atoms with Crippen molar-refractivity contribution in [2.45, 2.75) is 20.0 Å². The molecule has 0 spiro atoms. The predicted molar refractivity (Wildman–Crippen MR) is 76.7 cm³/mol. The van der Waals surface area contributed by atoms with E-state index < -0.39 is 10.8 Å². The summed E-state index contributed by atoms with van der Waals surface area (Å²) in [6.07, 6.45) is 0.108. The maximum absolute atomic E-state index is 11.4. The minimum absolute atomic E-state index is 0.108. The maximum atomic E-state index is 11.4. The average molecular weight is 268 g/mol. The van der Waals surface area contributed by atoms with Crippen LogP contribution in [-0.4, -0.2) is 34.9 Å². The molecule has 1 aromatic rings. The van der Waals surface area contributed by atoms with E-state index in [1.807, 2.05) is 32.0 Å². The Morgan fingerprint density at radius 3 is 2.61 bits per heavy atom. The highest BCUT2D eigenvalue weighted by molar-refractivity contribution is 7.85. The molecule has 1 heterocycles. The van der Waals surface area contributed by atoms with Crippen molar-refractivity contribution in [1.82, 2.24) is 0 Å². The van der Waals surface area contributed by atoms with Crippen molar-refractivity contribution in [2.24, 2.45) is 0 Å². The summed E-state index contributed by atoms with van der Waals surface area (Å²) in [4.78, 5) is 2.18. The summed E-state index contributed by atoms with van der Waals surface area (Å²) in [7, 11) is -0.669. The first-order chi connectivity index (χ1) is 8.58. The highest BCUT2D eigenvalue weighted by Gasteiger charge is 2.19. The summed E-state index contributed by atoms with van der Waals surface area (Å²) in [6, 6.07) is 5.84. The molecule has 0 atom stereocenters. The first-order valence-corrected chi connectivity index (χ1v) is 7.72. The van der Waals surface area contributed by atoms with Gasteiger partial charge in [0, 0.05) is 35.4 Å². The molecule has 0 saturated carbocycles. The quantitative estimate of drug-likeness (QED) is 0.847. The molecule has 0 unspecified atom stereocenters. The molecule has 0 aliphatic carbocycles. The van der Waals surface area contributed by atoms with Crippen LogP contribution in [0.1, 0.15) is 13.8 Å². The SMILES string of the molecule is CC(C)Oc1cccc(N2CCS(=O)CC2)c1N. The fourth-order valence-electron chi connectivity index (χ4n) is 2.04. The van der Waals surface area contributed by atoms with Crippen LogP contribution >= 0.6 is 0 Å². The van der Waals surface area contributed by atoms with Crippen molar-refractivity contribution in [3.63, 3.8) is 0 Å². The molecule has 1 aliphatic rings. The van der Waals surface area contributed by atoms with E-state index in [1.54, 1.807) is 0 Å². The van der Waals surface area contributed by atoms with Gasteiger partial charge in [0.2, 0.25) is 0 Å². The van der Waals surface area contributed by atoms with Crippen LogP contribution in [0, 0.1) is 0 Å². The highest BCUT2D eigenvalue weighted by atomic mass is 32.2. The number of anilines is 2. The Balaban J connectivity index is 2.20. The van der Waals surface area contributed by atoms with Crippen LogP contribution in [0.15, 0.2) is 18.2 Å². The molecule has 5 heteroatoms. The Morgan fingerprint density at radius 2 is 2.00 bits per heavy atom. The number of nitrogens with two attached hydrogens (primary N) is 1. The molecule has 2 N–H and O–H groups in total. The Labute approximate surface area is 111 Å². The van der Waals surface area contributed by atoms with Crippen molar-refractivity contribution in [1.29, 1.82) is 0 Å². The molecule has 0 radical (unpaired) electrons. The molecule has 0 aromatic heterocycles. The molecule has 0 amide bonds. The number of hydrogen-bond donors (Lipinski definition) is 1. The lowest BCUT2D eigenvalue weighted by atomic mass is 10.2. The summed E-state index contributed by atoms with van der Waals surface area (Å²) in [5.74, 6) is 2.16. The summed E-state index contributed by atoms with van der Waals surface area (Å²) < 4.78 is 17.1. The number of nitrogens with zero attached hydrogens (tertiary/aromatic N) is 1. The average Bonchev–Trinajstić information content (AvgIpc) is 2.33. The van der Waals surface area contributed by atoms with Gasteiger partial charge in [-0.05, 0) is 26.0 Å². The maximum Gasteiger partial charge on any atom is 0.144 e. The van der Waals surface area contributed by atoms with Gasteiger partial charge in [-0.3, -0.25) is 4.21 Å². The van der Waals surface area contributed by atoms with Gasteiger partial charge in [0.1, 0.15) is 5.75 Å². The monoisotopic (exact) mass is 268 g/mol. The molecule has 1 aromatic carbocycles. The van der Waals surface area contributed by atoms with Crippen molar-refractivity contribution >= 4 is 22.2 Å². The van der Waals surface area contributed by atoms with Gasteiger partial charge in [-0.2, -0.15) is 0 Å². The molecule has 0 bridgehead atoms. The van der Waals surface area contributed by atoms with Gasteiger partial charge >= 0.3 is 0 Å². The van der Waals surface area contributed by atoms with E-state index in [0.717, 1.165) is 24.5 Å². The summed E-state index contributed by atoms with van der Waals surface area (Å²) in [6.45, 7) is 5.55. The third-order valence-electron chi connectivity index (χ3n) is 2.92. The van der Waals surface area contributed by atoms with E-state index in [0.29, 0.717) is 17.2 Å². The van der Waals surface area contributed by atoms with E-state index in [2.05, 4.69) is 4.90 Å². The van der Waals surface area contributed by atoms with Crippen LogP contribution in [0.3, 0.4) is 0 Å². The number of rotatable bonds is 3. The molecular weight excluding hydrogens is 248 g/mol. The van der Waals surface area contributed by atoms with Crippen LogP contribution in [0.25, 0.3) is 0 Å². The van der Waals surface area contributed by atoms with E-state index in [4.69, 9.17) is 10.5 Å². The molecular formula is C13H20N2O2S. The summed E-state index contributed by atoms with van der Waals surface area (Å²) in [5.41, 5.74) is 7.82. The van der Waals surface area contributed by atoms with E-state index in [9.17, 15) is 4.21 Å². The Morgan fingerprint density at radius 1 is 1.33 bits per heavy atom. The number of para-hydroxylation sites is 1. The second-order valence-corrected chi connectivity index (χ2v) is 6.39. The second kappa shape index (κ2) is 5.61. The second-order valence-electron chi connectivity index (χ2n) is 4.69. The minimum Gasteiger partial charge on any atom is -0.489 e. The normalized spacial score (nSPS) is 17.2. The molecule has 2 rings (SSSR count). The smallest absolute Gasteiger partial charge is 0.144 e. The molecule has 18 heavy (non-hydrogen) atoms. The topological polar surface area (TPSA) is 55.6 Å². The van der Waals surface area contributed by atoms with Gasteiger partial charge in [0.05, 0.1) is 17.5 Å². The first kappa shape index (κ1) is 13.2. The summed E-state index contributed by atoms with van der Waals surface area (Å²) in [5, 5.41) is 0. The van der Waals surface area contributed by atoms with E-state index in [-0.39, 0.29) is 6.10 Å². The zero-order valence-electron chi connectivity index (χ0n) is 10.9. The lowest BCUT2D eigenvalue weighted by molar-refractivity contribution is 0.244. The molecule has 100 valence electrons. The van der Waals surface area contributed by atoms with Crippen LogP contribution in [-0.2, 0) is 10.8 Å². The Kier molecular flexibility index (Phi) is 4.11. The van der Waals surface area contributed by atoms with Gasteiger partial charge in [-0.1, -0.05) is 6.07 Å². The van der Waals surface area contributed by atoms with Crippen LogP contribution in [0.4, 0.5) is 11.4 Å². The molecule has 1 fully saturated rings. The number of benzene rings is 1. The fraction of sp³-hybridized carbons (Fsp3) is 0.538. The molecule has 4 nitrogen and oxygen atoms in total.